The molecule has 0 unspecified atom stereocenters. The minimum Gasteiger partial charge on any atom is -0.380 e. The van der Waals surface area contributed by atoms with E-state index in [1.54, 1.807) is 18.1 Å². The van der Waals surface area contributed by atoms with Crippen molar-refractivity contribution in [2.45, 2.75) is 45.3 Å². The predicted molar refractivity (Wildman–Crippen MR) is 140 cm³/mol. The number of nitrogens with zero attached hydrogens (tertiary/aromatic N) is 6. The molecule has 0 bridgehead atoms. The van der Waals surface area contributed by atoms with Gasteiger partial charge in [-0.1, -0.05) is 6.92 Å². The lowest BCUT2D eigenvalue weighted by molar-refractivity contribution is -0.131. The molecule has 11 heteroatoms. The Morgan fingerprint density at radius 2 is 2.13 bits per heavy atom. The van der Waals surface area contributed by atoms with Crippen molar-refractivity contribution >= 4 is 35.5 Å². The van der Waals surface area contributed by atoms with Gasteiger partial charge in [-0.3, -0.25) is 19.8 Å². The van der Waals surface area contributed by atoms with Crippen LogP contribution >= 0.6 is 0 Å². The predicted octanol–water partition coefficient (Wildman–Crippen LogP) is 2.74. The van der Waals surface area contributed by atoms with Gasteiger partial charge in [-0.05, 0) is 37.3 Å². The van der Waals surface area contributed by atoms with Gasteiger partial charge in [-0.2, -0.15) is 5.26 Å². The average molecular weight is 518 g/mol. The van der Waals surface area contributed by atoms with Crippen molar-refractivity contribution in [3.63, 3.8) is 0 Å². The first-order valence-corrected chi connectivity index (χ1v) is 12.9. The molecule has 3 aliphatic heterocycles. The Morgan fingerprint density at radius 3 is 2.82 bits per heavy atom. The Labute approximate surface area is 221 Å². The molecule has 3 amide bonds. The van der Waals surface area contributed by atoms with Gasteiger partial charge in [0.05, 0.1) is 17.4 Å². The molecule has 2 saturated heterocycles. The molecule has 3 aliphatic rings. The number of methoxy groups -OCH3 is 1. The topological polar surface area (TPSA) is 132 Å². The normalized spacial score (nSPS) is 20.9. The molecule has 0 aliphatic carbocycles. The van der Waals surface area contributed by atoms with Crippen LogP contribution in [0.25, 0.3) is 0 Å². The third-order valence-corrected chi connectivity index (χ3v) is 7.61. The Kier molecular flexibility index (Phi) is 7.24. The van der Waals surface area contributed by atoms with Crippen molar-refractivity contribution in [2.24, 2.45) is 5.92 Å². The third kappa shape index (κ3) is 4.91. The third-order valence-electron chi connectivity index (χ3n) is 7.61. The van der Waals surface area contributed by atoms with Gasteiger partial charge in [0.2, 0.25) is 5.91 Å². The van der Waals surface area contributed by atoms with Crippen LogP contribution in [0.15, 0.2) is 18.3 Å². The van der Waals surface area contributed by atoms with Crippen molar-refractivity contribution in [3.05, 3.63) is 40.7 Å². The first kappa shape index (κ1) is 25.6. The average Bonchev–Trinajstić information content (AvgIpc) is 3.54. The number of carbonyl (C=O) groups is 3. The summed E-state index contributed by atoms with van der Waals surface area (Å²) in [5.41, 5.74) is 2.92. The highest BCUT2D eigenvalue weighted by atomic mass is 16.5. The summed E-state index contributed by atoms with van der Waals surface area (Å²) in [7, 11) is 1.67. The molecule has 2 atom stereocenters. The molecule has 198 valence electrons. The monoisotopic (exact) mass is 517 g/mol. The van der Waals surface area contributed by atoms with Gasteiger partial charge in [0.15, 0.2) is 6.29 Å². The second-order valence-corrected chi connectivity index (χ2v) is 10.1. The Hall–Kier alpha value is -4.04. The fraction of sp³-hybridized carbons (Fsp3) is 0.481. The zero-order valence-electron chi connectivity index (χ0n) is 21.6. The van der Waals surface area contributed by atoms with E-state index in [9.17, 15) is 19.6 Å². The number of ether oxygens (including phenoxy) is 1. The number of pyridine rings is 2. The smallest absolute Gasteiger partial charge is 0.328 e. The summed E-state index contributed by atoms with van der Waals surface area (Å²) in [6, 6.07) is 5.38. The van der Waals surface area contributed by atoms with Gasteiger partial charge in [0.25, 0.3) is 0 Å². The van der Waals surface area contributed by atoms with Gasteiger partial charge in [0.1, 0.15) is 23.4 Å². The van der Waals surface area contributed by atoms with E-state index in [2.05, 4.69) is 26.3 Å². The Morgan fingerprint density at radius 1 is 1.29 bits per heavy atom. The van der Waals surface area contributed by atoms with E-state index >= 15 is 0 Å². The minimum absolute atomic E-state index is 0.0114. The number of anilines is 3. The van der Waals surface area contributed by atoms with Crippen molar-refractivity contribution in [1.82, 2.24) is 14.9 Å². The molecular weight excluding hydrogens is 486 g/mol. The largest absolute Gasteiger partial charge is 0.380 e. The maximum absolute atomic E-state index is 13.4. The SMILES string of the molecule is CO[C@H]1CCN(c2cc(NC(=O)N3CCCc4cc(CN5CC[C@H](C)C5=O)c(C=O)nc43)ncc2C#N)C1. The van der Waals surface area contributed by atoms with Crippen molar-refractivity contribution in [3.8, 4) is 6.07 Å². The number of amides is 3. The number of likely N-dealkylation sites (tertiary alicyclic amines) is 1. The van der Waals surface area contributed by atoms with Crippen LogP contribution in [-0.4, -0.2) is 72.5 Å². The molecule has 2 aromatic rings. The van der Waals surface area contributed by atoms with E-state index < -0.39 is 6.03 Å². The molecule has 2 aromatic heterocycles. The van der Waals surface area contributed by atoms with E-state index in [1.807, 2.05) is 13.0 Å². The minimum atomic E-state index is -0.411. The molecule has 1 N–H and O–H groups in total. The summed E-state index contributed by atoms with van der Waals surface area (Å²) in [4.78, 5) is 51.9. The zero-order chi connectivity index (χ0) is 26.8. The summed E-state index contributed by atoms with van der Waals surface area (Å²) in [5, 5.41) is 12.4. The van der Waals surface area contributed by atoms with Gasteiger partial charge in [0, 0.05) is 63.6 Å². The van der Waals surface area contributed by atoms with E-state index in [1.165, 1.54) is 11.1 Å². The second-order valence-electron chi connectivity index (χ2n) is 10.1. The number of aromatic nitrogens is 2. The Bertz CT molecular complexity index is 1310. The van der Waals surface area contributed by atoms with Crippen LogP contribution in [-0.2, 0) is 22.5 Å². The van der Waals surface area contributed by atoms with Crippen LogP contribution in [0.2, 0.25) is 0 Å². The molecule has 0 spiro atoms. The number of nitriles is 1. The number of nitrogens with one attached hydrogen (secondary N) is 1. The lowest BCUT2D eigenvalue weighted by Crippen LogP contribution is -2.40. The van der Waals surface area contributed by atoms with Gasteiger partial charge in [-0.15, -0.1) is 0 Å². The molecule has 0 saturated carbocycles. The molecule has 38 heavy (non-hydrogen) atoms. The second kappa shape index (κ2) is 10.8. The molecular formula is C27H31N7O4. The zero-order valence-corrected chi connectivity index (χ0v) is 21.6. The lowest BCUT2D eigenvalue weighted by atomic mass is 10.0. The first-order valence-electron chi connectivity index (χ1n) is 12.9. The van der Waals surface area contributed by atoms with Gasteiger partial charge >= 0.3 is 6.03 Å². The molecule has 2 fully saturated rings. The maximum Gasteiger partial charge on any atom is 0.328 e. The molecule has 5 rings (SSSR count). The van der Waals surface area contributed by atoms with Gasteiger partial charge < -0.3 is 14.5 Å². The van der Waals surface area contributed by atoms with E-state index in [0.717, 1.165) is 37.8 Å². The molecule has 5 heterocycles. The summed E-state index contributed by atoms with van der Waals surface area (Å²) >= 11 is 0. The highest BCUT2D eigenvalue weighted by molar-refractivity contribution is 6.02. The van der Waals surface area contributed by atoms with Crippen LogP contribution in [0.5, 0.6) is 0 Å². The fourth-order valence-corrected chi connectivity index (χ4v) is 5.42. The van der Waals surface area contributed by atoms with E-state index in [-0.39, 0.29) is 23.6 Å². The van der Waals surface area contributed by atoms with Crippen LogP contribution in [0.1, 0.15) is 53.4 Å². The van der Waals surface area contributed by atoms with E-state index in [4.69, 9.17) is 4.74 Å². The Balaban J connectivity index is 1.36. The summed E-state index contributed by atoms with van der Waals surface area (Å²) in [6.07, 6.45) is 5.35. The highest BCUT2D eigenvalue weighted by Gasteiger charge is 2.31. The van der Waals surface area contributed by atoms with Crippen molar-refractivity contribution < 1.29 is 19.1 Å². The summed E-state index contributed by atoms with van der Waals surface area (Å²) in [6.45, 7) is 4.75. The quantitative estimate of drug-likeness (QED) is 0.579. The number of hydrogen-bond acceptors (Lipinski definition) is 8. The number of urea groups is 1. The fourth-order valence-electron chi connectivity index (χ4n) is 5.42. The molecule has 0 radical (unpaired) electrons. The van der Waals surface area contributed by atoms with Crippen LogP contribution in [0, 0.1) is 17.2 Å². The van der Waals surface area contributed by atoms with E-state index in [0.29, 0.717) is 60.9 Å². The van der Waals surface area contributed by atoms with Crippen molar-refractivity contribution in [1.29, 1.82) is 5.26 Å². The summed E-state index contributed by atoms with van der Waals surface area (Å²) < 4.78 is 5.45. The number of rotatable bonds is 6. The van der Waals surface area contributed by atoms with Crippen molar-refractivity contribution in [2.75, 3.05) is 48.4 Å². The lowest BCUT2D eigenvalue weighted by Gasteiger charge is -2.29. The first-order chi connectivity index (χ1) is 18.4. The highest BCUT2D eigenvalue weighted by Crippen LogP contribution is 2.31. The van der Waals surface area contributed by atoms with Gasteiger partial charge in [-0.25, -0.2) is 14.8 Å². The van der Waals surface area contributed by atoms with Crippen LogP contribution in [0.3, 0.4) is 0 Å². The number of fused-ring (bicyclic) bond motifs is 1. The number of aldehydes is 1. The molecule has 11 nitrogen and oxygen atoms in total. The number of hydrogen-bond donors (Lipinski definition) is 1. The standard InChI is InChI=1S/C27H31N7O4/c1-17-5-8-33(26(17)36)14-19-10-18-4-3-7-34(25(18)30-22(19)16-35)27(37)31-24-11-23(20(12-28)13-29-24)32-9-6-21(15-32)38-2/h10-11,13,16-17,21H,3-9,14-15H2,1-2H3,(H,29,31,37)/t17-,21-/m0/s1. The summed E-state index contributed by atoms with van der Waals surface area (Å²) in [5.74, 6) is 0.840. The molecule has 0 aromatic carbocycles. The maximum atomic E-state index is 13.4. The van der Waals surface area contributed by atoms with Crippen LogP contribution in [0.4, 0.5) is 22.1 Å². The number of carbonyl (C=O) groups excluding carboxylic acids is 3. The number of aryl methyl sites for hydroxylation is 1. The van der Waals surface area contributed by atoms with Crippen LogP contribution < -0.4 is 15.1 Å².